The number of carbonyl (C=O) groups excluding carboxylic acids is 2. The Morgan fingerprint density at radius 1 is 1.50 bits per heavy atom. The highest BCUT2D eigenvalue weighted by Gasteiger charge is 2.54. The molecule has 0 aromatic heterocycles. The van der Waals surface area contributed by atoms with Crippen molar-refractivity contribution in [2.75, 3.05) is 13.1 Å². The van der Waals surface area contributed by atoms with Crippen molar-refractivity contribution in [2.24, 2.45) is 11.3 Å². The molecule has 1 heterocycles. The summed E-state index contributed by atoms with van der Waals surface area (Å²) in [4.78, 5) is 24.6. The van der Waals surface area contributed by atoms with Gasteiger partial charge in [0.15, 0.2) is 0 Å². The van der Waals surface area contributed by atoms with Gasteiger partial charge < -0.3 is 14.4 Å². The standard InChI is InChI=1S/C12H19NO3/c1-11(2,3)16-10(15)13-6-9-4-5-12(9,7-13)8-14/h8-9H,4-7H2,1-3H3/t9-,12-/m0/s1. The molecule has 1 aliphatic heterocycles. The second-order valence-corrected chi connectivity index (χ2v) is 5.95. The molecule has 0 unspecified atom stereocenters. The Bertz CT molecular complexity index is 321. The lowest BCUT2D eigenvalue weighted by atomic mass is 9.63. The molecule has 0 bridgehead atoms. The summed E-state index contributed by atoms with van der Waals surface area (Å²) in [5.41, 5.74) is -0.718. The molecule has 2 rings (SSSR count). The Morgan fingerprint density at radius 2 is 2.19 bits per heavy atom. The van der Waals surface area contributed by atoms with Gasteiger partial charge in [-0.15, -0.1) is 0 Å². The molecule has 0 spiro atoms. The predicted octanol–water partition coefficient (Wildman–Crippen LogP) is 1.83. The summed E-state index contributed by atoms with van der Waals surface area (Å²) in [5.74, 6) is 0.359. The van der Waals surface area contributed by atoms with Crippen LogP contribution in [-0.4, -0.2) is 36.0 Å². The molecule has 1 saturated heterocycles. The van der Waals surface area contributed by atoms with E-state index in [2.05, 4.69) is 0 Å². The first-order valence-electron chi connectivity index (χ1n) is 5.81. The minimum absolute atomic E-state index is 0.253. The molecule has 0 aromatic carbocycles. The molecular formula is C12H19NO3. The third-order valence-electron chi connectivity index (χ3n) is 3.58. The number of amides is 1. The topological polar surface area (TPSA) is 46.6 Å². The van der Waals surface area contributed by atoms with Crippen LogP contribution in [0.25, 0.3) is 0 Å². The van der Waals surface area contributed by atoms with Gasteiger partial charge in [0.2, 0.25) is 0 Å². The Kier molecular flexibility index (Phi) is 2.48. The lowest BCUT2D eigenvalue weighted by Gasteiger charge is -2.38. The summed E-state index contributed by atoms with van der Waals surface area (Å²) in [6, 6.07) is 0. The molecule has 1 aliphatic carbocycles. The number of ether oxygens (including phenoxy) is 1. The maximum absolute atomic E-state index is 11.8. The zero-order valence-corrected chi connectivity index (χ0v) is 10.2. The summed E-state index contributed by atoms with van der Waals surface area (Å²) < 4.78 is 5.31. The zero-order chi connectivity index (χ0) is 12.0. The van der Waals surface area contributed by atoms with E-state index < -0.39 is 5.60 Å². The quantitative estimate of drug-likeness (QED) is 0.640. The lowest BCUT2D eigenvalue weighted by Crippen LogP contribution is -2.41. The average Bonchev–Trinajstić information content (AvgIpc) is 2.37. The van der Waals surface area contributed by atoms with Crippen LogP contribution in [0.4, 0.5) is 4.79 Å². The smallest absolute Gasteiger partial charge is 0.410 e. The van der Waals surface area contributed by atoms with Crippen LogP contribution in [0.3, 0.4) is 0 Å². The van der Waals surface area contributed by atoms with Crippen molar-refractivity contribution in [3.63, 3.8) is 0 Å². The van der Waals surface area contributed by atoms with E-state index in [1.165, 1.54) is 0 Å². The monoisotopic (exact) mass is 225 g/mol. The number of fused-ring (bicyclic) bond motifs is 1. The van der Waals surface area contributed by atoms with Gasteiger partial charge in [0, 0.05) is 18.5 Å². The molecule has 90 valence electrons. The molecule has 1 amide bonds. The van der Waals surface area contributed by atoms with Crippen molar-refractivity contribution < 1.29 is 14.3 Å². The number of likely N-dealkylation sites (tertiary alicyclic amines) is 1. The molecular weight excluding hydrogens is 206 g/mol. The summed E-state index contributed by atoms with van der Waals surface area (Å²) in [6.07, 6.45) is 2.72. The van der Waals surface area contributed by atoms with Gasteiger partial charge in [-0.2, -0.15) is 0 Å². The second kappa shape index (κ2) is 3.47. The van der Waals surface area contributed by atoms with E-state index in [-0.39, 0.29) is 11.5 Å². The van der Waals surface area contributed by atoms with E-state index in [9.17, 15) is 9.59 Å². The third-order valence-corrected chi connectivity index (χ3v) is 3.58. The average molecular weight is 225 g/mol. The maximum Gasteiger partial charge on any atom is 0.410 e. The van der Waals surface area contributed by atoms with Gasteiger partial charge in [0.1, 0.15) is 11.9 Å². The first kappa shape index (κ1) is 11.4. The van der Waals surface area contributed by atoms with Gasteiger partial charge in [-0.05, 0) is 39.5 Å². The summed E-state index contributed by atoms with van der Waals surface area (Å²) in [7, 11) is 0. The summed E-state index contributed by atoms with van der Waals surface area (Å²) in [6.45, 7) is 6.77. The van der Waals surface area contributed by atoms with Crippen LogP contribution in [0.5, 0.6) is 0 Å². The number of nitrogens with zero attached hydrogens (tertiary/aromatic N) is 1. The Labute approximate surface area is 95.9 Å². The van der Waals surface area contributed by atoms with Crippen LogP contribution in [-0.2, 0) is 9.53 Å². The van der Waals surface area contributed by atoms with Gasteiger partial charge in [-0.3, -0.25) is 0 Å². The van der Waals surface area contributed by atoms with Crippen molar-refractivity contribution in [3.05, 3.63) is 0 Å². The fourth-order valence-electron chi connectivity index (χ4n) is 2.54. The maximum atomic E-state index is 11.8. The number of hydrogen-bond acceptors (Lipinski definition) is 3. The van der Waals surface area contributed by atoms with Crippen LogP contribution in [0.1, 0.15) is 33.6 Å². The van der Waals surface area contributed by atoms with Gasteiger partial charge in [0.05, 0.1) is 0 Å². The SMILES string of the molecule is CC(C)(C)OC(=O)N1C[C@@H]2CC[C@@]2(C=O)C1. The van der Waals surface area contributed by atoms with Gasteiger partial charge in [0.25, 0.3) is 0 Å². The Morgan fingerprint density at radius 3 is 2.56 bits per heavy atom. The molecule has 16 heavy (non-hydrogen) atoms. The number of carbonyl (C=O) groups is 2. The van der Waals surface area contributed by atoms with Crippen molar-refractivity contribution >= 4 is 12.4 Å². The lowest BCUT2D eigenvalue weighted by molar-refractivity contribution is -0.122. The Balaban J connectivity index is 1.98. The van der Waals surface area contributed by atoms with Crippen molar-refractivity contribution in [1.82, 2.24) is 4.90 Å². The van der Waals surface area contributed by atoms with E-state index in [0.717, 1.165) is 19.1 Å². The first-order chi connectivity index (χ1) is 7.36. The molecule has 0 aromatic rings. The van der Waals surface area contributed by atoms with Crippen molar-refractivity contribution in [3.8, 4) is 0 Å². The number of aldehydes is 1. The highest BCUT2D eigenvalue weighted by Crippen LogP contribution is 2.50. The highest BCUT2D eigenvalue weighted by atomic mass is 16.6. The summed E-state index contributed by atoms with van der Waals surface area (Å²) >= 11 is 0. The van der Waals surface area contributed by atoms with Crippen LogP contribution in [0, 0.1) is 11.3 Å². The van der Waals surface area contributed by atoms with E-state index in [1.807, 2.05) is 20.8 Å². The minimum atomic E-state index is -0.465. The van der Waals surface area contributed by atoms with Crippen molar-refractivity contribution in [2.45, 2.75) is 39.2 Å². The predicted molar refractivity (Wildman–Crippen MR) is 59.0 cm³/mol. The molecule has 2 atom stereocenters. The Hall–Kier alpha value is -1.06. The first-order valence-corrected chi connectivity index (χ1v) is 5.81. The van der Waals surface area contributed by atoms with Gasteiger partial charge in [-0.1, -0.05) is 0 Å². The molecule has 4 nitrogen and oxygen atoms in total. The van der Waals surface area contributed by atoms with Crippen LogP contribution in [0.15, 0.2) is 0 Å². The number of rotatable bonds is 1. The van der Waals surface area contributed by atoms with E-state index in [1.54, 1.807) is 4.90 Å². The molecule has 0 N–H and O–H groups in total. The van der Waals surface area contributed by atoms with E-state index >= 15 is 0 Å². The van der Waals surface area contributed by atoms with E-state index in [4.69, 9.17) is 4.74 Å². The van der Waals surface area contributed by atoms with Crippen LogP contribution < -0.4 is 0 Å². The molecule has 0 radical (unpaired) electrons. The molecule has 2 fully saturated rings. The van der Waals surface area contributed by atoms with Gasteiger partial charge in [-0.25, -0.2) is 4.79 Å². The zero-order valence-electron chi connectivity index (χ0n) is 10.2. The minimum Gasteiger partial charge on any atom is -0.444 e. The third kappa shape index (κ3) is 1.81. The number of hydrogen-bond donors (Lipinski definition) is 0. The normalized spacial score (nSPS) is 32.9. The highest BCUT2D eigenvalue weighted by molar-refractivity contribution is 5.72. The van der Waals surface area contributed by atoms with Crippen molar-refractivity contribution in [1.29, 1.82) is 0 Å². The van der Waals surface area contributed by atoms with E-state index in [0.29, 0.717) is 19.0 Å². The molecule has 1 saturated carbocycles. The largest absolute Gasteiger partial charge is 0.444 e. The van der Waals surface area contributed by atoms with Crippen LogP contribution in [0.2, 0.25) is 0 Å². The molecule has 2 aliphatic rings. The fraction of sp³-hybridized carbons (Fsp3) is 0.833. The fourth-order valence-corrected chi connectivity index (χ4v) is 2.54. The summed E-state index contributed by atoms with van der Waals surface area (Å²) in [5, 5.41) is 0. The molecule has 4 heteroatoms. The van der Waals surface area contributed by atoms with Crippen LogP contribution >= 0.6 is 0 Å². The second-order valence-electron chi connectivity index (χ2n) is 5.95. The van der Waals surface area contributed by atoms with Gasteiger partial charge >= 0.3 is 6.09 Å².